The van der Waals surface area contributed by atoms with Crippen molar-refractivity contribution >= 4 is 16.9 Å². The minimum atomic E-state index is -0.469. The highest BCUT2D eigenvalue weighted by Gasteiger charge is 2.11. The standard InChI is InChI=1S/C14H10N2O2/c17-14(18-13-6-3-9-15-13)12-8-7-10-4-1-2-5-11(10)16-12/h1-9,15H. The number of ether oxygens (including phenoxy) is 1. The molecule has 3 rings (SSSR count). The number of H-pyrrole nitrogens is 1. The lowest BCUT2D eigenvalue weighted by molar-refractivity contribution is 0.0722. The summed E-state index contributed by atoms with van der Waals surface area (Å²) < 4.78 is 5.13. The average molecular weight is 238 g/mol. The van der Waals surface area contributed by atoms with Crippen molar-refractivity contribution in [2.75, 3.05) is 0 Å². The second-order valence-corrected chi connectivity index (χ2v) is 3.81. The lowest BCUT2D eigenvalue weighted by Gasteiger charge is -2.02. The molecule has 0 radical (unpaired) electrons. The third-order valence-electron chi connectivity index (χ3n) is 2.58. The maximum atomic E-state index is 11.9. The Morgan fingerprint density at radius 2 is 1.94 bits per heavy atom. The van der Waals surface area contributed by atoms with E-state index in [1.807, 2.05) is 30.3 Å². The van der Waals surface area contributed by atoms with Crippen LogP contribution in [0.1, 0.15) is 10.5 Å². The summed E-state index contributed by atoms with van der Waals surface area (Å²) in [5.74, 6) is -0.0573. The third kappa shape index (κ3) is 1.96. The highest BCUT2D eigenvalue weighted by Crippen LogP contribution is 2.13. The normalized spacial score (nSPS) is 10.4. The summed E-state index contributed by atoms with van der Waals surface area (Å²) in [7, 11) is 0. The van der Waals surface area contributed by atoms with Gasteiger partial charge in [0.25, 0.3) is 0 Å². The fourth-order valence-corrected chi connectivity index (χ4v) is 1.71. The van der Waals surface area contributed by atoms with Gasteiger partial charge in [-0.15, -0.1) is 0 Å². The van der Waals surface area contributed by atoms with Crippen molar-refractivity contribution in [3.05, 3.63) is 60.4 Å². The van der Waals surface area contributed by atoms with Crippen LogP contribution in [-0.4, -0.2) is 15.9 Å². The molecule has 4 nitrogen and oxygen atoms in total. The molecule has 0 saturated carbocycles. The number of fused-ring (bicyclic) bond motifs is 1. The maximum absolute atomic E-state index is 11.9. The van der Waals surface area contributed by atoms with E-state index in [1.54, 1.807) is 24.4 Å². The number of pyridine rings is 1. The first kappa shape index (κ1) is 10.5. The van der Waals surface area contributed by atoms with Gasteiger partial charge in [0.15, 0.2) is 0 Å². The summed E-state index contributed by atoms with van der Waals surface area (Å²) in [5, 5.41) is 0.994. The largest absolute Gasteiger partial charge is 0.405 e. The summed E-state index contributed by atoms with van der Waals surface area (Å²) >= 11 is 0. The van der Waals surface area contributed by atoms with E-state index >= 15 is 0 Å². The molecule has 0 amide bonds. The van der Waals surface area contributed by atoms with Gasteiger partial charge in [-0.1, -0.05) is 24.3 Å². The number of para-hydroxylation sites is 1. The first-order chi connectivity index (χ1) is 8.83. The monoisotopic (exact) mass is 238 g/mol. The van der Waals surface area contributed by atoms with Crippen molar-refractivity contribution in [3.63, 3.8) is 0 Å². The van der Waals surface area contributed by atoms with Crippen molar-refractivity contribution in [2.45, 2.75) is 0 Å². The van der Waals surface area contributed by atoms with Crippen molar-refractivity contribution in [1.82, 2.24) is 9.97 Å². The fourth-order valence-electron chi connectivity index (χ4n) is 1.71. The lowest BCUT2D eigenvalue weighted by atomic mass is 10.2. The van der Waals surface area contributed by atoms with Gasteiger partial charge in [-0.05, 0) is 18.2 Å². The Morgan fingerprint density at radius 3 is 2.78 bits per heavy atom. The number of carbonyl (C=O) groups excluding carboxylic acids is 1. The predicted molar refractivity (Wildman–Crippen MR) is 67.5 cm³/mol. The van der Waals surface area contributed by atoms with E-state index in [1.165, 1.54) is 0 Å². The molecule has 0 aliphatic heterocycles. The molecule has 3 aromatic rings. The Morgan fingerprint density at radius 1 is 1.06 bits per heavy atom. The topological polar surface area (TPSA) is 55.0 Å². The van der Waals surface area contributed by atoms with Crippen LogP contribution >= 0.6 is 0 Å². The van der Waals surface area contributed by atoms with Crippen molar-refractivity contribution < 1.29 is 9.53 Å². The van der Waals surface area contributed by atoms with Crippen LogP contribution in [0.15, 0.2) is 54.7 Å². The quantitative estimate of drug-likeness (QED) is 0.698. The second-order valence-electron chi connectivity index (χ2n) is 3.81. The van der Waals surface area contributed by atoms with Crippen LogP contribution in [0.25, 0.3) is 10.9 Å². The Balaban J connectivity index is 1.92. The Labute approximate surface area is 103 Å². The molecule has 2 heterocycles. The van der Waals surface area contributed by atoms with Crippen molar-refractivity contribution in [1.29, 1.82) is 0 Å². The average Bonchev–Trinajstić information content (AvgIpc) is 2.91. The number of nitrogens with one attached hydrogen (secondary N) is 1. The SMILES string of the molecule is O=C(Oc1ccc[nH]1)c1ccc2ccccc2n1. The zero-order valence-electron chi connectivity index (χ0n) is 9.46. The number of nitrogens with zero attached hydrogens (tertiary/aromatic N) is 1. The molecule has 0 saturated heterocycles. The highest BCUT2D eigenvalue weighted by molar-refractivity contribution is 5.92. The van der Waals surface area contributed by atoms with Crippen molar-refractivity contribution in [3.8, 4) is 5.88 Å². The minimum absolute atomic E-state index is 0.295. The van der Waals surface area contributed by atoms with Gasteiger partial charge in [0.2, 0.25) is 5.88 Å². The number of benzene rings is 1. The minimum Gasteiger partial charge on any atom is -0.405 e. The van der Waals surface area contributed by atoms with E-state index in [-0.39, 0.29) is 0 Å². The van der Waals surface area contributed by atoms with Crippen LogP contribution in [0.2, 0.25) is 0 Å². The Bertz CT molecular complexity index is 690. The number of aromatic amines is 1. The van der Waals surface area contributed by atoms with E-state index < -0.39 is 5.97 Å². The molecule has 0 atom stereocenters. The summed E-state index contributed by atoms with van der Waals surface area (Å²) in [6.45, 7) is 0. The maximum Gasteiger partial charge on any atom is 0.363 e. The molecule has 0 fully saturated rings. The van der Waals surface area contributed by atoms with Gasteiger partial charge in [0.05, 0.1) is 5.52 Å². The van der Waals surface area contributed by atoms with E-state index in [4.69, 9.17) is 4.74 Å². The van der Waals surface area contributed by atoms with E-state index in [0.29, 0.717) is 11.6 Å². The first-order valence-corrected chi connectivity index (χ1v) is 5.54. The zero-order valence-corrected chi connectivity index (χ0v) is 9.46. The summed E-state index contributed by atoms with van der Waals surface area (Å²) in [6.07, 6.45) is 1.69. The van der Waals surface area contributed by atoms with Crippen LogP contribution < -0.4 is 4.74 Å². The van der Waals surface area contributed by atoms with Crippen molar-refractivity contribution in [2.24, 2.45) is 0 Å². The van der Waals surface area contributed by atoms with Gasteiger partial charge in [-0.25, -0.2) is 9.78 Å². The first-order valence-electron chi connectivity index (χ1n) is 5.54. The van der Waals surface area contributed by atoms with Crippen LogP contribution in [0.5, 0.6) is 5.88 Å². The van der Waals surface area contributed by atoms with Crippen LogP contribution in [-0.2, 0) is 0 Å². The van der Waals surface area contributed by atoms with Gasteiger partial charge in [-0.2, -0.15) is 0 Å². The number of carbonyl (C=O) groups is 1. The van der Waals surface area contributed by atoms with E-state index in [0.717, 1.165) is 10.9 Å². The Hall–Kier alpha value is -2.62. The van der Waals surface area contributed by atoms with Crippen LogP contribution in [0, 0.1) is 0 Å². The number of rotatable bonds is 2. The molecule has 18 heavy (non-hydrogen) atoms. The number of esters is 1. The van der Waals surface area contributed by atoms with Crippen LogP contribution in [0.4, 0.5) is 0 Å². The highest BCUT2D eigenvalue weighted by atomic mass is 16.5. The molecule has 0 spiro atoms. The molecule has 88 valence electrons. The number of hydrogen-bond acceptors (Lipinski definition) is 3. The van der Waals surface area contributed by atoms with Gasteiger partial charge in [0, 0.05) is 17.6 Å². The Kier molecular flexibility index (Phi) is 2.53. The smallest absolute Gasteiger partial charge is 0.363 e. The van der Waals surface area contributed by atoms with Gasteiger partial charge >= 0.3 is 5.97 Å². The van der Waals surface area contributed by atoms with Gasteiger partial charge in [0.1, 0.15) is 5.69 Å². The molecule has 0 aliphatic carbocycles. The molecule has 0 unspecified atom stereocenters. The molecule has 1 N–H and O–H groups in total. The van der Waals surface area contributed by atoms with E-state index in [2.05, 4.69) is 9.97 Å². The molecular formula is C14H10N2O2. The third-order valence-corrected chi connectivity index (χ3v) is 2.58. The molecule has 0 aliphatic rings. The molecular weight excluding hydrogens is 228 g/mol. The number of aromatic nitrogens is 2. The summed E-state index contributed by atoms with van der Waals surface area (Å²) in [4.78, 5) is 18.9. The second kappa shape index (κ2) is 4.33. The van der Waals surface area contributed by atoms with Gasteiger partial charge in [-0.3, -0.25) is 0 Å². The lowest BCUT2D eigenvalue weighted by Crippen LogP contribution is -2.10. The van der Waals surface area contributed by atoms with Gasteiger partial charge < -0.3 is 9.72 Å². The van der Waals surface area contributed by atoms with Crippen LogP contribution in [0.3, 0.4) is 0 Å². The zero-order chi connectivity index (χ0) is 12.4. The molecule has 4 heteroatoms. The predicted octanol–water partition coefficient (Wildman–Crippen LogP) is 2.78. The van der Waals surface area contributed by atoms with E-state index in [9.17, 15) is 4.79 Å². The molecule has 0 bridgehead atoms. The summed E-state index contributed by atoms with van der Waals surface area (Å²) in [6, 6.07) is 14.6. The number of hydrogen-bond donors (Lipinski definition) is 1. The molecule has 2 aromatic heterocycles. The summed E-state index contributed by atoms with van der Waals surface area (Å²) in [5.41, 5.74) is 1.07. The molecule has 1 aromatic carbocycles. The fraction of sp³-hybridized carbons (Fsp3) is 0.